The van der Waals surface area contributed by atoms with Crippen LogP contribution in [0.5, 0.6) is 0 Å². The predicted octanol–water partition coefficient (Wildman–Crippen LogP) is 4.18. The maximum absolute atomic E-state index is 12.8. The van der Waals surface area contributed by atoms with Crippen molar-refractivity contribution in [1.29, 1.82) is 0 Å². The van der Waals surface area contributed by atoms with E-state index in [0.29, 0.717) is 6.26 Å². The zero-order valence-electron chi connectivity index (χ0n) is 15.5. The Morgan fingerprint density at radius 2 is 1.00 bits per heavy atom. The molecule has 0 radical (unpaired) electrons. The third-order valence-corrected chi connectivity index (χ3v) is 6.48. The molecule has 0 heterocycles. The molecule has 0 atom stereocenters. The van der Waals surface area contributed by atoms with Gasteiger partial charge in [-0.25, -0.2) is 38.8 Å². The van der Waals surface area contributed by atoms with Crippen molar-refractivity contribution in [2.24, 2.45) is 0 Å². The van der Waals surface area contributed by atoms with Crippen molar-refractivity contribution < 1.29 is 38.8 Å². The lowest BCUT2D eigenvalue weighted by Gasteiger charge is -2.19. The van der Waals surface area contributed by atoms with E-state index < -0.39 is 53.7 Å². The zero-order valence-corrected chi connectivity index (χ0v) is 17.1. The lowest BCUT2D eigenvalue weighted by atomic mass is 10.0. The van der Waals surface area contributed by atoms with E-state index in [4.69, 9.17) is 0 Å². The molecule has 1 fully saturated rings. The molecule has 1 aromatic rings. The van der Waals surface area contributed by atoms with Crippen LogP contribution in [0.2, 0.25) is 0 Å². The van der Waals surface area contributed by atoms with E-state index in [9.17, 15) is 38.8 Å². The Bertz CT molecular complexity index is 817. The highest BCUT2D eigenvalue weighted by Crippen LogP contribution is 2.26. The van der Waals surface area contributed by atoms with Crippen LogP contribution in [0.15, 0.2) is 4.90 Å². The van der Waals surface area contributed by atoms with Crippen molar-refractivity contribution in [2.45, 2.75) is 56.1 Å². The summed E-state index contributed by atoms with van der Waals surface area (Å²) >= 11 is 0. The van der Waals surface area contributed by atoms with Gasteiger partial charge in [0.2, 0.25) is 5.82 Å². The van der Waals surface area contributed by atoms with Crippen molar-refractivity contribution in [2.75, 3.05) is 12.5 Å². The average Bonchev–Trinajstić information content (AvgIpc) is 2.59. The summed E-state index contributed by atoms with van der Waals surface area (Å²) in [7, 11) is -7.25. The second kappa shape index (κ2) is 10.4. The number of sulfone groups is 2. The molecule has 0 aromatic heterocycles. The fourth-order valence-corrected chi connectivity index (χ4v) is 4.42. The normalized spacial score (nSPS) is 15.3. The molecule has 0 bridgehead atoms. The second-order valence-electron chi connectivity index (χ2n) is 5.76. The lowest BCUT2D eigenvalue weighted by molar-refractivity contribution is 0.358. The van der Waals surface area contributed by atoms with Gasteiger partial charge >= 0.3 is 0 Å². The molecule has 0 unspecified atom stereocenters. The molecule has 1 saturated carbocycles. The standard InChI is InChI=1S/C7H3F5O2S.C7H14O2S.C2H6/c1-15(13,14)7-5(11)3(9)2(8)4(10)6(7)12;1-10(8,9)7-5-3-2-4-6-7;1-2/h1H3;7H,2-6H2,1H3;1-2H3. The van der Waals surface area contributed by atoms with Crippen LogP contribution in [0.4, 0.5) is 22.0 Å². The number of rotatable bonds is 2. The van der Waals surface area contributed by atoms with Gasteiger partial charge in [0.1, 0.15) is 14.7 Å². The van der Waals surface area contributed by atoms with Gasteiger partial charge in [-0.15, -0.1) is 0 Å². The smallest absolute Gasteiger partial charge is 0.200 e. The molecule has 0 amide bonds. The van der Waals surface area contributed by atoms with Gasteiger partial charge in [0.15, 0.2) is 33.1 Å². The van der Waals surface area contributed by atoms with Gasteiger partial charge in [0.25, 0.3) is 0 Å². The summed E-state index contributed by atoms with van der Waals surface area (Å²) in [6, 6.07) is 0. The van der Waals surface area contributed by atoms with Crippen LogP contribution in [0.1, 0.15) is 46.0 Å². The van der Waals surface area contributed by atoms with Crippen LogP contribution in [0.25, 0.3) is 0 Å². The van der Waals surface area contributed by atoms with E-state index in [1.165, 1.54) is 12.7 Å². The molecule has 158 valence electrons. The highest BCUT2D eigenvalue weighted by Gasteiger charge is 2.30. The molecular weight excluding hydrogens is 415 g/mol. The molecule has 1 aromatic carbocycles. The van der Waals surface area contributed by atoms with E-state index in [0.717, 1.165) is 25.7 Å². The summed E-state index contributed by atoms with van der Waals surface area (Å²) in [5.74, 6) is -11.7. The largest absolute Gasteiger partial charge is 0.229 e. The van der Waals surface area contributed by atoms with Crippen LogP contribution in [0.3, 0.4) is 0 Å². The Balaban J connectivity index is 0.000000488. The first-order valence-electron chi connectivity index (χ1n) is 8.18. The van der Waals surface area contributed by atoms with Crippen LogP contribution in [-0.2, 0) is 19.7 Å². The Morgan fingerprint density at radius 1 is 0.667 bits per heavy atom. The van der Waals surface area contributed by atoms with E-state index in [1.54, 1.807) is 0 Å². The minimum absolute atomic E-state index is 0.0266. The Labute approximate surface area is 156 Å². The first-order valence-corrected chi connectivity index (χ1v) is 12.0. The first-order chi connectivity index (χ1) is 12.3. The monoisotopic (exact) mass is 438 g/mol. The third-order valence-electron chi connectivity index (χ3n) is 3.70. The predicted molar refractivity (Wildman–Crippen MR) is 92.4 cm³/mol. The van der Waals surface area contributed by atoms with Crippen molar-refractivity contribution in [3.05, 3.63) is 29.1 Å². The maximum Gasteiger partial charge on any atom is 0.200 e. The summed E-state index contributed by atoms with van der Waals surface area (Å²) < 4.78 is 107. The summed E-state index contributed by atoms with van der Waals surface area (Å²) in [4.78, 5) is -1.82. The molecule has 11 heteroatoms. The van der Waals surface area contributed by atoms with Crippen molar-refractivity contribution in [3.8, 4) is 0 Å². The quantitative estimate of drug-likeness (QED) is 0.301. The zero-order chi connectivity index (χ0) is 21.6. The number of hydrogen-bond donors (Lipinski definition) is 0. The molecule has 0 N–H and O–H groups in total. The minimum atomic E-state index is -4.52. The Hall–Kier alpha value is -1.23. The number of benzene rings is 1. The average molecular weight is 438 g/mol. The summed E-state index contributed by atoms with van der Waals surface area (Å²) in [6.45, 7) is 4.00. The van der Waals surface area contributed by atoms with Gasteiger partial charge in [0.05, 0.1) is 5.25 Å². The van der Waals surface area contributed by atoms with Crippen molar-refractivity contribution >= 4 is 19.7 Å². The van der Waals surface area contributed by atoms with Crippen LogP contribution >= 0.6 is 0 Å². The van der Waals surface area contributed by atoms with Crippen LogP contribution < -0.4 is 0 Å². The van der Waals surface area contributed by atoms with Crippen LogP contribution in [-0.4, -0.2) is 34.6 Å². The molecular formula is C16H23F5O4S2. The molecule has 0 aliphatic heterocycles. The maximum atomic E-state index is 12.8. The molecule has 0 saturated heterocycles. The summed E-state index contributed by atoms with van der Waals surface area (Å²) in [5.41, 5.74) is 0. The van der Waals surface area contributed by atoms with Gasteiger partial charge in [-0.3, -0.25) is 0 Å². The molecule has 4 nitrogen and oxygen atoms in total. The molecule has 1 aliphatic carbocycles. The van der Waals surface area contributed by atoms with Gasteiger partial charge in [-0.2, -0.15) is 0 Å². The second-order valence-corrected chi connectivity index (χ2v) is 10.0. The SMILES string of the molecule is CC.CS(=O)(=O)C1CCCCC1.CS(=O)(=O)c1c(F)c(F)c(F)c(F)c1F. The molecule has 27 heavy (non-hydrogen) atoms. The summed E-state index contributed by atoms with van der Waals surface area (Å²) in [5, 5.41) is -0.0266. The molecule has 2 rings (SSSR count). The Morgan fingerprint density at radius 3 is 1.26 bits per heavy atom. The number of hydrogen-bond acceptors (Lipinski definition) is 4. The van der Waals surface area contributed by atoms with Crippen molar-refractivity contribution in [3.63, 3.8) is 0 Å². The third kappa shape index (κ3) is 7.02. The Kier molecular flexibility index (Phi) is 9.88. The van der Waals surface area contributed by atoms with E-state index in [-0.39, 0.29) is 5.25 Å². The molecule has 0 spiro atoms. The van der Waals surface area contributed by atoms with E-state index in [2.05, 4.69) is 0 Å². The fourth-order valence-electron chi connectivity index (χ4n) is 2.40. The topological polar surface area (TPSA) is 68.3 Å². The van der Waals surface area contributed by atoms with Gasteiger partial charge in [-0.05, 0) is 12.8 Å². The highest BCUT2D eigenvalue weighted by molar-refractivity contribution is 7.91. The summed E-state index contributed by atoms with van der Waals surface area (Å²) in [6.07, 6.45) is 6.87. The van der Waals surface area contributed by atoms with Crippen molar-refractivity contribution in [1.82, 2.24) is 0 Å². The van der Waals surface area contributed by atoms with Gasteiger partial charge in [0, 0.05) is 12.5 Å². The first kappa shape index (κ1) is 25.8. The lowest BCUT2D eigenvalue weighted by Crippen LogP contribution is -2.22. The highest BCUT2D eigenvalue weighted by atomic mass is 32.2. The molecule has 1 aliphatic rings. The number of halogens is 5. The minimum Gasteiger partial charge on any atom is -0.229 e. The van der Waals surface area contributed by atoms with Crippen LogP contribution in [0, 0.1) is 29.1 Å². The van der Waals surface area contributed by atoms with E-state index >= 15 is 0 Å². The van der Waals surface area contributed by atoms with Gasteiger partial charge < -0.3 is 0 Å². The van der Waals surface area contributed by atoms with Gasteiger partial charge in [-0.1, -0.05) is 33.1 Å². The fraction of sp³-hybridized carbons (Fsp3) is 0.625. The van der Waals surface area contributed by atoms with E-state index in [1.807, 2.05) is 13.8 Å².